The number of amides is 2. The van der Waals surface area contributed by atoms with Gasteiger partial charge in [0.25, 0.3) is 5.91 Å². The van der Waals surface area contributed by atoms with Gasteiger partial charge in [-0.2, -0.15) is 5.10 Å². The molecule has 0 fully saturated rings. The number of rotatable bonds is 8. The highest BCUT2D eigenvalue weighted by molar-refractivity contribution is 5.94. The third-order valence-corrected chi connectivity index (χ3v) is 4.58. The van der Waals surface area contributed by atoms with Crippen molar-refractivity contribution >= 4 is 11.8 Å². The van der Waals surface area contributed by atoms with Crippen LogP contribution < -0.4 is 10.6 Å². The molecule has 1 heterocycles. The lowest BCUT2D eigenvalue weighted by Crippen LogP contribution is -2.23. The van der Waals surface area contributed by atoms with Crippen molar-refractivity contribution in [1.29, 1.82) is 0 Å². The van der Waals surface area contributed by atoms with E-state index in [2.05, 4.69) is 36.5 Å². The molecule has 2 aromatic rings. The van der Waals surface area contributed by atoms with Crippen molar-refractivity contribution in [1.82, 2.24) is 20.4 Å². The average molecular weight is 370 g/mol. The van der Waals surface area contributed by atoms with Crippen LogP contribution in [0.5, 0.6) is 0 Å². The summed E-state index contributed by atoms with van der Waals surface area (Å²) >= 11 is 0. The number of carbonyl (C=O) groups excluding carboxylic acids is 2. The van der Waals surface area contributed by atoms with Crippen LogP contribution in [0.4, 0.5) is 0 Å². The molecule has 0 saturated heterocycles. The minimum absolute atomic E-state index is 0.00393. The molecule has 6 nitrogen and oxygen atoms in total. The lowest BCUT2D eigenvalue weighted by atomic mass is 10.1. The molecular weight excluding hydrogens is 340 g/mol. The molecule has 0 saturated carbocycles. The van der Waals surface area contributed by atoms with Gasteiger partial charge in [0.2, 0.25) is 5.91 Å². The molecule has 0 aliphatic carbocycles. The van der Waals surface area contributed by atoms with E-state index in [9.17, 15) is 9.59 Å². The van der Waals surface area contributed by atoms with Crippen LogP contribution in [0, 0.1) is 19.8 Å². The largest absolute Gasteiger partial charge is 0.355 e. The third kappa shape index (κ3) is 5.67. The first-order valence-electron chi connectivity index (χ1n) is 9.42. The highest BCUT2D eigenvalue weighted by atomic mass is 16.2. The van der Waals surface area contributed by atoms with Crippen molar-refractivity contribution in [3.63, 3.8) is 0 Å². The summed E-state index contributed by atoms with van der Waals surface area (Å²) in [5, 5.41) is 10.1. The number of benzene rings is 1. The van der Waals surface area contributed by atoms with E-state index in [1.807, 2.05) is 23.7 Å². The zero-order valence-electron chi connectivity index (χ0n) is 16.9. The van der Waals surface area contributed by atoms with Gasteiger partial charge >= 0.3 is 0 Å². The van der Waals surface area contributed by atoms with Crippen LogP contribution in [-0.2, 0) is 24.3 Å². The molecule has 0 bridgehead atoms. The second-order valence-electron chi connectivity index (χ2n) is 7.28. The summed E-state index contributed by atoms with van der Waals surface area (Å²) in [4.78, 5) is 23.9. The zero-order valence-corrected chi connectivity index (χ0v) is 16.9. The minimum Gasteiger partial charge on any atom is -0.355 e. The van der Waals surface area contributed by atoms with Crippen molar-refractivity contribution in [2.75, 3.05) is 7.05 Å². The van der Waals surface area contributed by atoms with Crippen LogP contribution in [0.2, 0.25) is 0 Å². The Kier molecular flexibility index (Phi) is 7.16. The number of hydrogen-bond donors (Lipinski definition) is 2. The first kappa shape index (κ1) is 20.7. The molecule has 0 aliphatic rings. The number of nitrogens with one attached hydrogen (secondary N) is 2. The summed E-state index contributed by atoms with van der Waals surface area (Å²) < 4.78 is 2.04. The van der Waals surface area contributed by atoms with Gasteiger partial charge in [0.05, 0.1) is 5.69 Å². The summed E-state index contributed by atoms with van der Waals surface area (Å²) in [6.07, 6.45) is 1.10. The Labute approximate surface area is 161 Å². The topological polar surface area (TPSA) is 76.0 Å². The number of aromatic nitrogens is 2. The molecule has 146 valence electrons. The number of carbonyl (C=O) groups is 2. The van der Waals surface area contributed by atoms with E-state index in [4.69, 9.17) is 0 Å². The van der Waals surface area contributed by atoms with E-state index < -0.39 is 0 Å². The predicted molar refractivity (Wildman–Crippen MR) is 107 cm³/mol. The van der Waals surface area contributed by atoms with E-state index in [1.54, 1.807) is 19.2 Å². The van der Waals surface area contributed by atoms with Crippen LogP contribution >= 0.6 is 0 Å². The molecule has 0 aliphatic heterocycles. The molecule has 2 rings (SSSR count). The third-order valence-electron chi connectivity index (χ3n) is 4.58. The highest BCUT2D eigenvalue weighted by Crippen LogP contribution is 2.16. The summed E-state index contributed by atoms with van der Waals surface area (Å²) in [6.45, 7) is 9.71. The maximum Gasteiger partial charge on any atom is 0.251 e. The first-order valence-corrected chi connectivity index (χ1v) is 9.42. The first-order chi connectivity index (χ1) is 12.8. The number of hydrogen-bond acceptors (Lipinski definition) is 3. The fraction of sp³-hybridized carbons (Fsp3) is 0.476. The molecule has 1 aromatic heterocycles. The van der Waals surface area contributed by atoms with Crippen LogP contribution in [-0.4, -0.2) is 28.6 Å². The van der Waals surface area contributed by atoms with E-state index in [0.717, 1.165) is 29.1 Å². The molecule has 6 heteroatoms. The van der Waals surface area contributed by atoms with Crippen molar-refractivity contribution < 1.29 is 9.59 Å². The minimum atomic E-state index is -0.132. The molecule has 2 N–H and O–H groups in total. The highest BCUT2D eigenvalue weighted by Gasteiger charge is 2.14. The quantitative estimate of drug-likeness (QED) is 0.750. The Morgan fingerprint density at radius 2 is 1.96 bits per heavy atom. The summed E-state index contributed by atoms with van der Waals surface area (Å²) in [6, 6.07) is 7.27. The molecule has 1 aromatic carbocycles. The van der Waals surface area contributed by atoms with Gasteiger partial charge in [0.15, 0.2) is 0 Å². The molecule has 0 spiro atoms. The maximum absolute atomic E-state index is 12.3. The summed E-state index contributed by atoms with van der Waals surface area (Å²) in [5.74, 6) is 0.396. The second kappa shape index (κ2) is 9.35. The summed E-state index contributed by atoms with van der Waals surface area (Å²) in [5.41, 5.74) is 4.80. The van der Waals surface area contributed by atoms with Gasteiger partial charge in [-0.1, -0.05) is 26.0 Å². The summed E-state index contributed by atoms with van der Waals surface area (Å²) in [7, 11) is 1.60. The van der Waals surface area contributed by atoms with Gasteiger partial charge in [-0.05, 0) is 49.4 Å². The van der Waals surface area contributed by atoms with Gasteiger partial charge in [0, 0.05) is 37.8 Å². The maximum atomic E-state index is 12.3. The Morgan fingerprint density at radius 3 is 2.63 bits per heavy atom. The van der Waals surface area contributed by atoms with Crippen molar-refractivity contribution in [2.24, 2.45) is 5.92 Å². The smallest absolute Gasteiger partial charge is 0.251 e. The fourth-order valence-corrected chi connectivity index (χ4v) is 3.11. The number of aryl methyl sites for hydroxylation is 1. The van der Waals surface area contributed by atoms with Crippen molar-refractivity contribution in [3.05, 3.63) is 52.3 Å². The molecule has 2 amide bonds. The lowest BCUT2D eigenvalue weighted by molar-refractivity contribution is -0.121. The molecule has 0 radical (unpaired) electrons. The van der Waals surface area contributed by atoms with Crippen LogP contribution in [0.25, 0.3) is 0 Å². The Balaban J connectivity index is 1.90. The Hall–Kier alpha value is -2.63. The van der Waals surface area contributed by atoms with Gasteiger partial charge in [-0.3, -0.25) is 14.3 Å². The van der Waals surface area contributed by atoms with E-state index in [0.29, 0.717) is 30.9 Å². The molecule has 0 atom stereocenters. The van der Waals surface area contributed by atoms with Crippen LogP contribution in [0.1, 0.15) is 53.1 Å². The van der Waals surface area contributed by atoms with Gasteiger partial charge in [-0.15, -0.1) is 0 Å². The Morgan fingerprint density at radius 1 is 1.22 bits per heavy atom. The molecule has 27 heavy (non-hydrogen) atoms. The number of nitrogens with zero attached hydrogens (tertiary/aromatic N) is 2. The van der Waals surface area contributed by atoms with Crippen molar-refractivity contribution in [3.8, 4) is 0 Å². The van der Waals surface area contributed by atoms with E-state index in [-0.39, 0.29) is 11.8 Å². The van der Waals surface area contributed by atoms with E-state index >= 15 is 0 Å². The standard InChI is InChI=1S/C21H30N4O2/c1-14(2)13-25-16(4)19(15(3)24-25)9-10-20(26)23-12-17-7-6-8-18(11-17)21(27)22-5/h6-8,11,14H,9-10,12-13H2,1-5H3,(H,22,27)(H,23,26). The van der Waals surface area contributed by atoms with Crippen LogP contribution in [0.3, 0.4) is 0 Å². The fourth-order valence-electron chi connectivity index (χ4n) is 3.11. The van der Waals surface area contributed by atoms with Gasteiger partial charge < -0.3 is 10.6 Å². The van der Waals surface area contributed by atoms with Crippen LogP contribution in [0.15, 0.2) is 24.3 Å². The monoisotopic (exact) mass is 370 g/mol. The average Bonchev–Trinajstić information content (AvgIpc) is 2.90. The Bertz CT molecular complexity index is 809. The van der Waals surface area contributed by atoms with Crippen molar-refractivity contribution in [2.45, 2.75) is 53.6 Å². The van der Waals surface area contributed by atoms with E-state index in [1.165, 1.54) is 0 Å². The normalized spacial score (nSPS) is 10.9. The SMILES string of the molecule is CNC(=O)c1cccc(CNC(=O)CCc2c(C)nn(CC(C)C)c2C)c1. The van der Waals surface area contributed by atoms with Gasteiger partial charge in [0.1, 0.15) is 0 Å². The lowest BCUT2D eigenvalue weighted by Gasteiger charge is -2.09. The van der Waals surface area contributed by atoms with Gasteiger partial charge in [-0.25, -0.2) is 0 Å². The predicted octanol–water partition coefficient (Wildman–Crippen LogP) is 2.76. The second-order valence-corrected chi connectivity index (χ2v) is 7.28. The molecular formula is C21H30N4O2. The zero-order chi connectivity index (χ0) is 20.0. The molecule has 0 unspecified atom stereocenters.